The van der Waals surface area contributed by atoms with E-state index in [9.17, 15) is 5.26 Å². The minimum absolute atomic E-state index is 0.00663. The lowest BCUT2D eigenvalue weighted by Crippen LogP contribution is -2.30. The Kier molecular flexibility index (Phi) is 20.1. The molecule has 9 aromatic rings. The van der Waals surface area contributed by atoms with E-state index in [1.54, 1.807) is 11.1 Å². The van der Waals surface area contributed by atoms with Crippen molar-refractivity contribution in [2.75, 3.05) is 0 Å². The number of fused-ring (bicyclic) bond motifs is 6. The van der Waals surface area contributed by atoms with Gasteiger partial charge in [-0.1, -0.05) is 330 Å². The van der Waals surface area contributed by atoms with Gasteiger partial charge < -0.3 is 0 Å². The lowest BCUT2D eigenvalue weighted by Gasteiger charge is -2.37. The van der Waals surface area contributed by atoms with E-state index in [-0.39, 0.29) is 10.8 Å². The van der Waals surface area contributed by atoms with Gasteiger partial charge in [-0.2, -0.15) is 5.26 Å². The summed E-state index contributed by atoms with van der Waals surface area (Å²) in [6.45, 7) is 21.4. The predicted octanol–water partition coefficient (Wildman–Crippen LogP) is 25.4. The largest absolute Gasteiger partial charge is 0.192 e. The Morgan fingerprint density at radius 2 is 0.615 bits per heavy atom. The van der Waals surface area contributed by atoms with Crippen molar-refractivity contribution in [3.05, 3.63) is 289 Å². The Morgan fingerprint density at radius 1 is 0.319 bits per heavy atom. The predicted molar refractivity (Wildman–Crippen MR) is 397 cm³/mol. The third kappa shape index (κ3) is 14.3. The zero-order valence-corrected chi connectivity index (χ0v) is 55.3. The molecule has 456 valence electrons. The van der Waals surface area contributed by atoms with Gasteiger partial charge in [0, 0.05) is 10.8 Å². The monoisotopic (exact) mass is 1190 g/mol. The quantitative estimate of drug-likeness (QED) is 0.0553. The van der Waals surface area contributed by atoms with E-state index in [0.29, 0.717) is 29.2 Å². The van der Waals surface area contributed by atoms with Gasteiger partial charge in [0.1, 0.15) is 0 Å². The number of nitrogens with zero attached hydrogens (tertiary/aromatic N) is 1. The molecule has 0 N–H and O–H groups in total. The fourth-order valence-electron chi connectivity index (χ4n) is 14.4. The van der Waals surface area contributed by atoms with Crippen molar-refractivity contribution in [2.45, 2.75) is 125 Å². The van der Waals surface area contributed by atoms with Crippen LogP contribution in [0.5, 0.6) is 0 Å². The van der Waals surface area contributed by atoms with E-state index in [4.69, 9.17) is 0 Å². The summed E-state index contributed by atoms with van der Waals surface area (Å²) in [6.07, 6.45) is 35.0. The average Bonchev–Trinajstić information content (AvgIpc) is 1.57. The highest BCUT2D eigenvalue weighted by Crippen LogP contribution is 2.59. The molecule has 1 heteroatoms. The van der Waals surface area contributed by atoms with Gasteiger partial charge in [0.2, 0.25) is 0 Å². The Balaban J connectivity index is 0.764. The first kappa shape index (κ1) is 63.5. The number of benzene rings is 9. The van der Waals surface area contributed by atoms with E-state index >= 15 is 0 Å². The van der Waals surface area contributed by atoms with Crippen LogP contribution >= 0.6 is 0 Å². The summed E-state index contributed by atoms with van der Waals surface area (Å²) in [4.78, 5) is 0. The molecule has 2 aliphatic rings. The Hall–Kier alpha value is -9.09. The van der Waals surface area contributed by atoms with Crippen LogP contribution < -0.4 is 0 Å². The molecule has 0 amide bonds. The highest BCUT2D eigenvalue weighted by atomic mass is 14.5. The SMILES string of the molecule is C/C=C/c1ccc(/C=C/c2ccc(/C=C/c3ccc(/C=C/c4ccc(/C=C/c5ccc(/C=C/c6ccc7c(c6)C(CC(C)CC)(CC(C)CC)c6cc(-c8ccc9c(c8)C(CC(C)CC)(CC(C)CC)c8ccccc8-9)ccc6-7)cc5)cc4)cc3C#N)cc2)cc1. The van der Waals surface area contributed by atoms with Crippen LogP contribution in [0.2, 0.25) is 0 Å². The van der Waals surface area contributed by atoms with Gasteiger partial charge in [-0.25, -0.2) is 0 Å². The van der Waals surface area contributed by atoms with Gasteiger partial charge >= 0.3 is 0 Å². The molecule has 0 aliphatic heterocycles. The molecule has 0 saturated heterocycles. The van der Waals surface area contributed by atoms with Crippen molar-refractivity contribution < 1.29 is 0 Å². The van der Waals surface area contributed by atoms with Crippen molar-refractivity contribution >= 4 is 66.8 Å². The zero-order valence-electron chi connectivity index (χ0n) is 55.3. The van der Waals surface area contributed by atoms with E-state index in [1.807, 2.05) is 25.1 Å². The topological polar surface area (TPSA) is 23.8 Å². The molecule has 9 aromatic carbocycles. The number of hydrogen-bond acceptors (Lipinski definition) is 1. The highest BCUT2D eigenvalue weighted by Gasteiger charge is 2.46. The second-order valence-corrected chi connectivity index (χ2v) is 26.7. The molecule has 0 bridgehead atoms. The van der Waals surface area contributed by atoms with E-state index < -0.39 is 0 Å². The molecule has 0 aromatic heterocycles. The van der Waals surface area contributed by atoms with Gasteiger partial charge in [-0.15, -0.1) is 0 Å². The molecular formula is C90H91N. The number of hydrogen-bond donors (Lipinski definition) is 0. The molecule has 4 unspecified atom stereocenters. The van der Waals surface area contributed by atoms with Crippen molar-refractivity contribution in [3.8, 4) is 39.4 Å². The molecule has 1 nitrogen and oxygen atoms in total. The molecule has 0 heterocycles. The van der Waals surface area contributed by atoms with Gasteiger partial charge in [0.15, 0.2) is 0 Å². The van der Waals surface area contributed by atoms with Crippen molar-refractivity contribution in [1.29, 1.82) is 5.26 Å². The van der Waals surface area contributed by atoms with Crippen LogP contribution in [0.3, 0.4) is 0 Å². The Labute approximate surface area is 545 Å². The molecule has 11 rings (SSSR count). The molecule has 0 radical (unpaired) electrons. The Morgan fingerprint density at radius 3 is 1.00 bits per heavy atom. The van der Waals surface area contributed by atoms with Crippen molar-refractivity contribution in [1.82, 2.24) is 0 Å². The van der Waals surface area contributed by atoms with E-state index in [1.165, 1.54) is 92.4 Å². The van der Waals surface area contributed by atoms with Crippen LogP contribution in [0.15, 0.2) is 200 Å². The summed E-state index contributed by atoms with van der Waals surface area (Å²) < 4.78 is 0. The fourth-order valence-corrected chi connectivity index (χ4v) is 14.4. The Bertz CT molecular complexity index is 4200. The summed E-state index contributed by atoms with van der Waals surface area (Å²) in [7, 11) is 0. The molecular weight excluding hydrogens is 1090 g/mol. The standard InChI is InChI=1S/C90H91N/c1-10-17-67-20-22-68(23-21-67)24-25-71-36-38-74(39-37-71)44-47-77-48-45-75(54-80(77)62-91)42-40-72-32-28-69(29-33-72)26-27-70-30-34-73(35-31-70)41-43-76-46-51-82-84-53-50-79(57-88(84)90(86(82)55-76,60-65(8)13-4)61-66(9)14-5)78-49-52-83-81-18-15-16-19-85(81)89(87(83)56-78,58-63(6)11-2)59-64(7)12-3/h10,15-57,63-66H,11-14,58-61H2,1-9H3/b17-10+,25-24+,27-26+,42-40+,43-41+,47-44+. The summed E-state index contributed by atoms with van der Waals surface area (Å²) >= 11 is 0. The smallest absolute Gasteiger partial charge is 0.0998 e. The lowest BCUT2D eigenvalue weighted by atomic mass is 9.66. The zero-order chi connectivity index (χ0) is 63.5. The summed E-state index contributed by atoms with van der Waals surface area (Å²) in [6, 6.07) is 74.7. The van der Waals surface area contributed by atoms with Crippen molar-refractivity contribution in [3.63, 3.8) is 0 Å². The van der Waals surface area contributed by atoms with Gasteiger partial charge in [0.25, 0.3) is 0 Å². The van der Waals surface area contributed by atoms with Gasteiger partial charge in [-0.05, 0) is 191 Å². The maximum absolute atomic E-state index is 10.1. The lowest BCUT2D eigenvalue weighted by molar-refractivity contribution is 0.308. The number of rotatable bonds is 24. The third-order valence-corrected chi connectivity index (χ3v) is 20.2. The summed E-state index contributed by atoms with van der Waals surface area (Å²) in [5.74, 6) is 2.41. The van der Waals surface area contributed by atoms with Crippen LogP contribution in [0.1, 0.15) is 203 Å². The first-order valence-electron chi connectivity index (χ1n) is 33.9. The van der Waals surface area contributed by atoms with E-state index in [2.05, 4.69) is 310 Å². The minimum Gasteiger partial charge on any atom is -0.192 e. The first-order chi connectivity index (χ1) is 44.3. The molecule has 4 atom stereocenters. The fraction of sp³-hybridized carbons (Fsp3) is 0.256. The molecule has 2 aliphatic carbocycles. The average molecular weight is 1190 g/mol. The third-order valence-electron chi connectivity index (χ3n) is 20.2. The summed E-state index contributed by atoms with van der Waals surface area (Å²) in [5, 5.41) is 10.1. The molecule has 0 spiro atoms. The molecule has 0 fully saturated rings. The second kappa shape index (κ2) is 28.8. The summed E-state index contributed by atoms with van der Waals surface area (Å²) in [5.41, 5.74) is 27.4. The van der Waals surface area contributed by atoms with Crippen LogP contribution in [-0.2, 0) is 10.8 Å². The second-order valence-electron chi connectivity index (χ2n) is 26.7. The van der Waals surface area contributed by atoms with Crippen molar-refractivity contribution in [2.24, 2.45) is 23.7 Å². The van der Waals surface area contributed by atoms with Crippen LogP contribution in [0.25, 0.3) is 100 Å². The van der Waals surface area contributed by atoms with E-state index in [0.717, 1.165) is 64.6 Å². The maximum atomic E-state index is 10.1. The van der Waals surface area contributed by atoms with Crippen LogP contribution in [-0.4, -0.2) is 0 Å². The van der Waals surface area contributed by atoms with Crippen LogP contribution in [0, 0.1) is 35.0 Å². The minimum atomic E-state index is -0.0885. The first-order valence-corrected chi connectivity index (χ1v) is 33.9. The number of allylic oxidation sites excluding steroid dienone is 1. The normalized spacial score (nSPS) is 17.3. The maximum Gasteiger partial charge on any atom is 0.0998 e. The molecule has 91 heavy (non-hydrogen) atoms. The van der Waals surface area contributed by atoms with Crippen LogP contribution in [0.4, 0.5) is 0 Å². The highest BCUT2D eigenvalue weighted by molar-refractivity contribution is 5.88. The molecule has 0 saturated carbocycles. The van der Waals surface area contributed by atoms with Gasteiger partial charge in [0.05, 0.1) is 11.6 Å². The number of nitriles is 1. The van der Waals surface area contributed by atoms with Gasteiger partial charge in [-0.3, -0.25) is 0 Å².